The van der Waals surface area contributed by atoms with Gasteiger partial charge in [0.1, 0.15) is 0 Å². The van der Waals surface area contributed by atoms with Crippen LogP contribution in [0, 0.1) is 25.2 Å². The first-order valence-corrected chi connectivity index (χ1v) is 25.4. The van der Waals surface area contributed by atoms with Crippen LogP contribution in [0.25, 0.3) is 11.1 Å². The Morgan fingerprint density at radius 1 is 0.667 bits per heavy atom. The van der Waals surface area contributed by atoms with E-state index in [2.05, 4.69) is 174 Å². The number of hydrogen-bond donors (Lipinski definition) is 0. The number of allylic oxidation sites excluding steroid dienone is 4. The monoisotopic (exact) mass is 798 g/mol. The van der Waals surface area contributed by atoms with Crippen molar-refractivity contribution in [3.8, 4) is 11.1 Å². The van der Waals surface area contributed by atoms with Crippen molar-refractivity contribution in [1.82, 2.24) is 0 Å². The Morgan fingerprint density at radius 2 is 1.20 bits per heavy atom. The zero-order valence-electron chi connectivity index (χ0n) is 33.4. The Hall–Kier alpha value is -2.31. The number of benzene rings is 4. The molecule has 1 unspecified atom stereocenters. The average Bonchev–Trinajstić information content (AvgIpc) is 3.62. The minimum absolute atomic E-state index is 0. The van der Waals surface area contributed by atoms with E-state index in [0.717, 1.165) is 19.3 Å². The summed E-state index contributed by atoms with van der Waals surface area (Å²) < 4.78 is 12.1. The van der Waals surface area contributed by atoms with Crippen LogP contribution in [0.5, 0.6) is 0 Å². The van der Waals surface area contributed by atoms with Gasteiger partial charge in [-0.25, -0.2) is 0 Å². The molecule has 0 bridgehead atoms. The van der Waals surface area contributed by atoms with Gasteiger partial charge in [0.2, 0.25) is 0 Å². The first-order chi connectivity index (χ1) is 22.8. The third-order valence-electron chi connectivity index (χ3n) is 11.9. The van der Waals surface area contributed by atoms with Crippen molar-refractivity contribution in [2.45, 2.75) is 113 Å². The molecule has 2 aliphatic rings. The number of hydrogen-bond acceptors (Lipinski definition) is 0. The Kier molecular flexibility index (Phi) is 11.5. The van der Waals surface area contributed by atoms with Gasteiger partial charge in [-0.15, -0.1) is 24.8 Å². The molecule has 0 aliphatic heterocycles. The number of aryl methyl sites for hydroxylation is 2. The van der Waals surface area contributed by atoms with Gasteiger partial charge in [-0.1, -0.05) is 0 Å². The number of rotatable bonds is 6. The summed E-state index contributed by atoms with van der Waals surface area (Å²) in [6.45, 7) is 28.2. The zero-order valence-corrected chi connectivity index (χ0v) is 37.5. The molecule has 272 valence electrons. The maximum absolute atomic E-state index is 5.98. The molecule has 4 aromatic rings. The predicted octanol–water partition coefficient (Wildman–Crippen LogP) is 12.0. The molecule has 0 saturated carbocycles. The van der Waals surface area contributed by atoms with E-state index in [4.69, 9.17) is 4.21 Å². The second-order valence-corrected chi connectivity index (χ2v) is 31.3. The van der Waals surface area contributed by atoms with E-state index < -0.39 is 18.3 Å². The maximum atomic E-state index is 5.98. The van der Waals surface area contributed by atoms with Crippen LogP contribution in [-0.2, 0) is 35.5 Å². The van der Waals surface area contributed by atoms with Gasteiger partial charge in [0.05, 0.1) is 0 Å². The summed E-state index contributed by atoms with van der Waals surface area (Å²) in [5.41, 5.74) is 12.8. The van der Waals surface area contributed by atoms with Crippen LogP contribution < -0.4 is 9.81 Å². The second kappa shape index (κ2) is 14.2. The molecular formula is C48H62Cl2Zr. The van der Waals surface area contributed by atoms with Crippen molar-refractivity contribution >= 4 is 38.8 Å². The SMILES string of the molecule is Cl.Cl.[CH2]=[Zr]([C]1=CC(C(C)(C)C)=CC1CCC)([c]1ccc(C)cc1)([c]1ccc(C)cc1)[c]1c(C(C)(C)C)ccc2c1Cc1cc(C(C)(C)C)ccc1-2. The summed E-state index contributed by atoms with van der Waals surface area (Å²) >= 11 is -5.09. The molecule has 0 N–H and O–H groups in total. The Balaban J connectivity index is 0.00000292. The fraction of sp³-hybridized carbons (Fsp3) is 0.396. The summed E-state index contributed by atoms with van der Waals surface area (Å²) in [4.78, 5) is 0. The van der Waals surface area contributed by atoms with Crippen LogP contribution in [0.3, 0.4) is 0 Å². The van der Waals surface area contributed by atoms with Crippen molar-refractivity contribution < 1.29 is 18.3 Å². The molecule has 3 heteroatoms. The van der Waals surface area contributed by atoms with Crippen molar-refractivity contribution in [3.63, 3.8) is 0 Å². The summed E-state index contributed by atoms with van der Waals surface area (Å²) in [6.07, 6.45) is 8.55. The van der Waals surface area contributed by atoms with E-state index in [1.807, 2.05) is 0 Å². The summed E-state index contributed by atoms with van der Waals surface area (Å²) in [5.74, 6) is 0.352. The minimum atomic E-state index is -5.09. The average molecular weight is 801 g/mol. The topological polar surface area (TPSA) is 0 Å². The van der Waals surface area contributed by atoms with Gasteiger partial charge in [-0.05, 0) is 0 Å². The van der Waals surface area contributed by atoms with E-state index in [1.54, 1.807) is 6.55 Å². The van der Waals surface area contributed by atoms with Gasteiger partial charge in [-0.3, -0.25) is 0 Å². The van der Waals surface area contributed by atoms with Crippen molar-refractivity contribution in [1.29, 1.82) is 0 Å². The van der Waals surface area contributed by atoms with Crippen LogP contribution in [0.2, 0.25) is 0 Å². The van der Waals surface area contributed by atoms with Gasteiger partial charge >= 0.3 is 301 Å². The molecule has 0 nitrogen and oxygen atoms in total. The molecule has 4 aromatic carbocycles. The number of halogens is 2. The third-order valence-corrected chi connectivity index (χ3v) is 28.3. The second-order valence-electron chi connectivity index (χ2n) is 18.6. The number of fused-ring (bicyclic) bond motifs is 3. The molecule has 1 atom stereocenters. The van der Waals surface area contributed by atoms with E-state index >= 15 is 0 Å². The van der Waals surface area contributed by atoms with Crippen molar-refractivity contribution in [2.24, 2.45) is 11.3 Å². The van der Waals surface area contributed by atoms with Gasteiger partial charge in [0.15, 0.2) is 0 Å². The molecule has 0 radical (unpaired) electrons. The van der Waals surface area contributed by atoms with Crippen molar-refractivity contribution in [2.75, 3.05) is 0 Å². The van der Waals surface area contributed by atoms with E-state index in [1.165, 1.54) is 56.6 Å². The van der Waals surface area contributed by atoms with Crippen molar-refractivity contribution in [3.05, 3.63) is 133 Å². The Bertz CT molecular complexity index is 2000. The Morgan fingerprint density at radius 3 is 1.67 bits per heavy atom. The standard InChI is InChI=1S/C21H25.C12H19.2C7H7.CH2.2ClH.Zr/c1-20(2,3)16-7-9-18-14(12-16)11-15-13-17(21(4,5)6)8-10-19(15)18;1-5-6-10-7-8-11(9-10)12(2,3)4;2*1-7-5-3-2-4-6-7;;;;/h7-10,12H,11H2,1-6H3;8-10H,5-6H2,1-4H3;2*3-6H,1H3;1H2;2*1H;. The Labute approximate surface area is 323 Å². The summed E-state index contributed by atoms with van der Waals surface area (Å²) in [5, 5.41) is 0. The molecule has 0 heterocycles. The summed E-state index contributed by atoms with van der Waals surface area (Å²) in [6, 6.07) is 31.6. The molecule has 0 aromatic heterocycles. The van der Waals surface area contributed by atoms with Gasteiger partial charge in [0.25, 0.3) is 0 Å². The van der Waals surface area contributed by atoms with Gasteiger partial charge < -0.3 is 0 Å². The summed E-state index contributed by atoms with van der Waals surface area (Å²) in [7, 11) is 0. The first kappa shape index (κ1) is 41.4. The van der Waals surface area contributed by atoms with Crippen LogP contribution in [0.15, 0.2) is 99.9 Å². The normalized spacial score (nSPS) is 16.1. The molecule has 0 fully saturated rings. The fourth-order valence-corrected chi connectivity index (χ4v) is 26.5. The van der Waals surface area contributed by atoms with Crippen LogP contribution in [0.1, 0.15) is 115 Å². The van der Waals surface area contributed by atoms with Gasteiger partial charge in [0, 0.05) is 0 Å². The fourth-order valence-electron chi connectivity index (χ4n) is 8.99. The van der Waals surface area contributed by atoms with E-state index in [9.17, 15) is 0 Å². The van der Waals surface area contributed by atoms with E-state index in [0.29, 0.717) is 5.92 Å². The predicted molar refractivity (Wildman–Crippen MR) is 229 cm³/mol. The molecule has 0 spiro atoms. The van der Waals surface area contributed by atoms with Gasteiger partial charge in [-0.2, -0.15) is 0 Å². The zero-order chi connectivity index (χ0) is 35.8. The van der Waals surface area contributed by atoms with Crippen LogP contribution in [-0.4, -0.2) is 4.21 Å². The first-order valence-electron chi connectivity index (χ1n) is 18.7. The molecule has 2 aliphatic carbocycles. The molecule has 6 rings (SSSR count). The molecular weight excluding hydrogens is 739 g/mol. The quantitative estimate of drug-likeness (QED) is 0.160. The third kappa shape index (κ3) is 6.84. The van der Waals surface area contributed by atoms with Crippen LogP contribution in [0.4, 0.5) is 0 Å². The van der Waals surface area contributed by atoms with E-state index in [-0.39, 0.29) is 41.1 Å². The van der Waals surface area contributed by atoms with Crippen LogP contribution >= 0.6 is 24.8 Å². The molecule has 0 amide bonds. The molecule has 51 heavy (non-hydrogen) atoms. The molecule has 0 saturated heterocycles.